The predicted molar refractivity (Wildman–Crippen MR) is 72.3 cm³/mol. The van der Waals surface area contributed by atoms with Gasteiger partial charge in [0.2, 0.25) is 0 Å². The summed E-state index contributed by atoms with van der Waals surface area (Å²) in [5.41, 5.74) is 0. The Balaban J connectivity index is 1.64. The number of nitrogens with zero attached hydrogens (tertiary/aromatic N) is 3. The van der Waals surface area contributed by atoms with E-state index < -0.39 is 0 Å². The van der Waals surface area contributed by atoms with Gasteiger partial charge in [-0.1, -0.05) is 0 Å². The van der Waals surface area contributed by atoms with E-state index in [1.54, 1.807) is 6.20 Å². The summed E-state index contributed by atoms with van der Waals surface area (Å²) in [4.78, 5) is 8.69. The van der Waals surface area contributed by atoms with Crippen LogP contribution < -0.4 is 10.2 Å². The zero-order valence-corrected chi connectivity index (χ0v) is 11.7. The van der Waals surface area contributed by atoms with Crippen molar-refractivity contribution in [3.63, 3.8) is 0 Å². The van der Waals surface area contributed by atoms with Gasteiger partial charge in [0.1, 0.15) is 0 Å². The summed E-state index contributed by atoms with van der Waals surface area (Å²) in [7, 11) is 0. The lowest BCUT2D eigenvalue weighted by Gasteiger charge is -2.43. The van der Waals surface area contributed by atoms with Crippen LogP contribution in [0.3, 0.4) is 0 Å². The van der Waals surface area contributed by atoms with Crippen LogP contribution in [0.15, 0.2) is 16.7 Å². The lowest BCUT2D eigenvalue weighted by Crippen LogP contribution is -2.61. The molecule has 4 nitrogen and oxygen atoms in total. The smallest absolute Gasteiger partial charge is 0.166 e. The van der Waals surface area contributed by atoms with E-state index in [0.717, 1.165) is 39.3 Å². The Labute approximate surface area is 114 Å². The molecule has 0 unspecified atom stereocenters. The number of hydrogen-bond donors (Lipinski definition) is 1. The Bertz CT molecular complexity index is 430. The monoisotopic (exact) mass is 314 g/mol. The number of pyridine rings is 1. The molecule has 1 aromatic heterocycles. The maximum atomic E-state index is 13.8. The van der Waals surface area contributed by atoms with E-state index in [1.807, 2.05) is 4.90 Å². The largest absolute Gasteiger partial charge is 0.352 e. The van der Waals surface area contributed by atoms with Crippen LogP contribution >= 0.6 is 15.9 Å². The highest BCUT2D eigenvalue weighted by molar-refractivity contribution is 9.10. The first-order valence-electron chi connectivity index (χ1n) is 6.25. The molecule has 3 rings (SSSR count). The molecule has 98 valence electrons. The van der Waals surface area contributed by atoms with Crippen LogP contribution in [0.25, 0.3) is 0 Å². The number of anilines is 1. The molecule has 0 aliphatic carbocycles. The van der Waals surface area contributed by atoms with E-state index in [9.17, 15) is 4.39 Å². The third-order valence-electron chi connectivity index (χ3n) is 3.68. The number of rotatable bonds is 2. The first-order valence-corrected chi connectivity index (χ1v) is 7.04. The highest BCUT2D eigenvalue weighted by Crippen LogP contribution is 2.21. The van der Waals surface area contributed by atoms with Gasteiger partial charge in [-0.25, -0.2) is 9.37 Å². The Morgan fingerprint density at radius 1 is 1.28 bits per heavy atom. The third-order valence-corrected chi connectivity index (χ3v) is 4.11. The lowest BCUT2D eigenvalue weighted by atomic mass is 10.1. The standard InChI is InChI=1S/C12H16BrFN4/c13-9-5-11(14)12(16-6-9)18-3-1-17(2-4-18)10-7-15-8-10/h5-6,10,15H,1-4,7-8H2. The summed E-state index contributed by atoms with van der Waals surface area (Å²) in [6.07, 6.45) is 1.65. The molecule has 2 aliphatic rings. The topological polar surface area (TPSA) is 31.4 Å². The number of halogens is 2. The van der Waals surface area contributed by atoms with E-state index >= 15 is 0 Å². The fourth-order valence-corrected chi connectivity index (χ4v) is 2.77. The Morgan fingerprint density at radius 3 is 2.56 bits per heavy atom. The van der Waals surface area contributed by atoms with Gasteiger partial charge in [0.25, 0.3) is 0 Å². The van der Waals surface area contributed by atoms with Crippen molar-refractivity contribution in [3.8, 4) is 0 Å². The summed E-state index contributed by atoms with van der Waals surface area (Å²) in [5.74, 6) is 0.229. The van der Waals surface area contributed by atoms with Crippen molar-refractivity contribution in [1.29, 1.82) is 0 Å². The second-order valence-corrected chi connectivity index (χ2v) is 5.71. The molecule has 1 aromatic rings. The van der Waals surface area contributed by atoms with Crippen molar-refractivity contribution in [2.75, 3.05) is 44.2 Å². The molecule has 0 atom stereocenters. The average molecular weight is 315 g/mol. The Morgan fingerprint density at radius 2 is 2.00 bits per heavy atom. The van der Waals surface area contributed by atoms with Crippen molar-refractivity contribution in [3.05, 3.63) is 22.6 Å². The molecule has 2 saturated heterocycles. The predicted octanol–water partition coefficient (Wildman–Crippen LogP) is 1.08. The van der Waals surface area contributed by atoms with Gasteiger partial charge in [-0.2, -0.15) is 0 Å². The van der Waals surface area contributed by atoms with Crippen LogP contribution in [0, 0.1) is 5.82 Å². The molecule has 0 saturated carbocycles. The van der Waals surface area contributed by atoms with Crippen molar-refractivity contribution in [1.82, 2.24) is 15.2 Å². The molecule has 1 N–H and O–H groups in total. The third kappa shape index (κ3) is 2.37. The maximum Gasteiger partial charge on any atom is 0.166 e. The van der Waals surface area contributed by atoms with E-state index in [1.165, 1.54) is 6.07 Å². The highest BCUT2D eigenvalue weighted by Gasteiger charge is 2.28. The minimum Gasteiger partial charge on any atom is -0.352 e. The van der Waals surface area contributed by atoms with Crippen molar-refractivity contribution in [2.24, 2.45) is 0 Å². The zero-order valence-electron chi connectivity index (χ0n) is 10.1. The number of aromatic nitrogens is 1. The van der Waals surface area contributed by atoms with Gasteiger partial charge in [-0.15, -0.1) is 0 Å². The molecule has 0 bridgehead atoms. The Hall–Kier alpha value is -0.720. The molecular formula is C12H16BrFN4. The van der Waals surface area contributed by atoms with Gasteiger partial charge in [0.05, 0.1) is 0 Å². The van der Waals surface area contributed by atoms with E-state index in [0.29, 0.717) is 16.3 Å². The van der Waals surface area contributed by atoms with Gasteiger partial charge < -0.3 is 10.2 Å². The SMILES string of the molecule is Fc1cc(Br)cnc1N1CCN(C2CNC2)CC1. The van der Waals surface area contributed by atoms with E-state index in [4.69, 9.17) is 0 Å². The zero-order chi connectivity index (χ0) is 12.5. The number of hydrogen-bond acceptors (Lipinski definition) is 4. The quantitative estimate of drug-likeness (QED) is 0.885. The average Bonchev–Trinajstić information content (AvgIpc) is 2.28. The summed E-state index contributed by atoms with van der Waals surface area (Å²) in [6.45, 7) is 5.85. The summed E-state index contributed by atoms with van der Waals surface area (Å²) in [5, 5.41) is 3.28. The molecule has 0 spiro atoms. The summed E-state index contributed by atoms with van der Waals surface area (Å²) < 4.78 is 14.5. The molecule has 3 heterocycles. The van der Waals surface area contributed by atoms with Crippen LogP contribution in [-0.2, 0) is 0 Å². The molecule has 6 heteroatoms. The van der Waals surface area contributed by atoms with E-state index in [-0.39, 0.29) is 5.82 Å². The molecule has 0 amide bonds. The normalized spacial score (nSPS) is 22.0. The molecule has 2 fully saturated rings. The molecule has 0 aromatic carbocycles. The van der Waals surface area contributed by atoms with Crippen molar-refractivity contribution >= 4 is 21.7 Å². The van der Waals surface area contributed by atoms with Crippen LogP contribution in [-0.4, -0.2) is 55.2 Å². The van der Waals surface area contributed by atoms with Gasteiger partial charge >= 0.3 is 0 Å². The molecular weight excluding hydrogens is 299 g/mol. The fourth-order valence-electron chi connectivity index (χ4n) is 2.47. The van der Waals surface area contributed by atoms with Gasteiger partial charge in [0.15, 0.2) is 11.6 Å². The maximum absolute atomic E-state index is 13.8. The minimum atomic E-state index is -0.247. The molecule has 0 radical (unpaired) electrons. The minimum absolute atomic E-state index is 0.247. The number of piperazine rings is 1. The second kappa shape index (κ2) is 5.11. The van der Waals surface area contributed by atoms with Gasteiger partial charge in [-0.05, 0) is 22.0 Å². The second-order valence-electron chi connectivity index (χ2n) is 4.79. The molecule has 2 aliphatic heterocycles. The van der Waals surface area contributed by atoms with Crippen molar-refractivity contribution < 1.29 is 4.39 Å². The highest BCUT2D eigenvalue weighted by atomic mass is 79.9. The molecule has 18 heavy (non-hydrogen) atoms. The van der Waals surface area contributed by atoms with E-state index in [2.05, 4.69) is 31.1 Å². The van der Waals surface area contributed by atoms with Crippen LogP contribution in [0.2, 0.25) is 0 Å². The van der Waals surface area contributed by atoms with Crippen LogP contribution in [0.4, 0.5) is 10.2 Å². The van der Waals surface area contributed by atoms with Crippen LogP contribution in [0.5, 0.6) is 0 Å². The lowest BCUT2D eigenvalue weighted by molar-refractivity contribution is 0.137. The first-order chi connectivity index (χ1) is 8.74. The first kappa shape index (κ1) is 12.3. The van der Waals surface area contributed by atoms with Crippen LogP contribution in [0.1, 0.15) is 0 Å². The Kier molecular flexibility index (Phi) is 3.50. The fraction of sp³-hybridized carbons (Fsp3) is 0.583. The number of nitrogens with one attached hydrogen (secondary N) is 1. The van der Waals surface area contributed by atoms with Crippen molar-refractivity contribution in [2.45, 2.75) is 6.04 Å². The van der Waals surface area contributed by atoms with Gasteiger partial charge in [-0.3, -0.25) is 4.90 Å². The van der Waals surface area contributed by atoms with Gasteiger partial charge in [0, 0.05) is 56.0 Å². The summed E-state index contributed by atoms with van der Waals surface area (Å²) in [6, 6.07) is 2.15. The summed E-state index contributed by atoms with van der Waals surface area (Å²) >= 11 is 3.23.